The maximum atomic E-state index is 12.4. The van der Waals surface area contributed by atoms with Crippen molar-refractivity contribution >= 4 is 28.4 Å². The van der Waals surface area contributed by atoms with Crippen LogP contribution >= 0.6 is 11.6 Å². The van der Waals surface area contributed by atoms with Crippen LogP contribution in [0.4, 0.5) is 0 Å². The summed E-state index contributed by atoms with van der Waals surface area (Å²) in [6, 6.07) is 6.08. The predicted octanol–water partition coefficient (Wildman–Crippen LogP) is 3.48. The van der Waals surface area contributed by atoms with E-state index in [-0.39, 0.29) is 5.91 Å². The second-order valence-electron chi connectivity index (χ2n) is 5.75. The lowest BCUT2D eigenvalue weighted by atomic mass is 10.0. The minimum Gasteiger partial charge on any atom is -0.340 e. The summed E-state index contributed by atoms with van der Waals surface area (Å²) in [5, 5.41) is 6.11. The van der Waals surface area contributed by atoms with E-state index in [9.17, 15) is 4.79 Å². The number of halogens is 1. The Labute approximate surface area is 129 Å². The van der Waals surface area contributed by atoms with Crippen LogP contribution in [-0.4, -0.2) is 33.2 Å². The van der Waals surface area contributed by atoms with Gasteiger partial charge < -0.3 is 4.90 Å². The topological polar surface area (TPSA) is 38.1 Å². The Morgan fingerprint density at radius 3 is 3.10 bits per heavy atom. The van der Waals surface area contributed by atoms with Crippen molar-refractivity contribution in [1.29, 1.82) is 0 Å². The minimum atomic E-state index is 0.230. The van der Waals surface area contributed by atoms with Gasteiger partial charge in [0, 0.05) is 29.4 Å². The first kappa shape index (κ1) is 14.4. The van der Waals surface area contributed by atoms with Gasteiger partial charge in [-0.15, -0.1) is 0 Å². The van der Waals surface area contributed by atoms with Crippen molar-refractivity contribution in [2.75, 3.05) is 6.54 Å². The molecule has 0 unspecified atom stereocenters. The number of carbonyl (C=O) groups is 1. The van der Waals surface area contributed by atoms with E-state index in [1.54, 1.807) is 0 Å². The summed E-state index contributed by atoms with van der Waals surface area (Å²) in [6.07, 6.45) is 5.78. The van der Waals surface area contributed by atoms with Crippen molar-refractivity contribution in [3.63, 3.8) is 0 Å². The number of aryl methyl sites for hydroxylation is 1. The number of fused-ring (bicyclic) bond motifs is 1. The second kappa shape index (κ2) is 6.06. The van der Waals surface area contributed by atoms with E-state index in [0.717, 1.165) is 30.3 Å². The van der Waals surface area contributed by atoms with Gasteiger partial charge in [0.1, 0.15) is 0 Å². The van der Waals surface area contributed by atoms with Crippen molar-refractivity contribution in [3.8, 4) is 0 Å². The van der Waals surface area contributed by atoms with Crippen molar-refractivity contribution in [1.82, 2.24) is 14.7 Å². The van der Waals surface area contributed by atoms with Crippen LogP contribution in [0.15, 0.2) is 24.4 Å². The molecule has 21 heavy (non-hydrogen) atoms. The zero-order valence-electron chi connectivity index (χ0n) is 12.3. The van der Waals surface area contributed by atoms with Crippen molar-refractivity contribution in [2.45, 2.75) is 45.2 Å². The summed E-state index contributed by atoms with van der Waals surface area (Å²) in [5.41, 5.74) is 0.988. The van der Waals surface area contributed by atoms with Gasteiger partial charge in [0.15, 0.2) is 0 Å². The molecule has 1 aliphatic heterocycles. The number of piperidine rings is 1. The highest BCUT2D eigenvalue weighted by atomic mass is 35.5. The summed E-state index contributed by atoms with van der Waals surface area (Å²) < 4.78 is 1.87. The normalized spacial score (nSPS) is 19.1. The Morgan fingerprint density at radius 1 is 1.43 bits per heavy atom. The lowest BCUT2D eigenvalue weighted by molar-refractivity contribution is -0.134. The molecule has 1 aromatic heterocycles. The number of amides is 1. The Morgan fingerprint density at radius 2 is 2.29 bits per heavy atom. The molecule has 112 valence electrons. The lowest BCUT2D eigenvalue weighted by Gasteiger charge is -2.33. The number of carbonyl (C=O) groups excluding carboxylic acids is 1. The van der Waals surface area contributed by atoms with Gasteiger partial charge >= 0.3 is 0 Å². The lowest BCUT2D eigenvalue weighted by Crippen LogP contribution is -2.42. The maximum Gasteiger partial charge on any atom is 0.224 e. The smallest absolute Gasteiger partial charge is 0.224 e. The third-order valence-electron chi connectivity index (χ3n) is 4.27. The molecule has 0 bridgehead atoms. The van der Waals surface area contributed by atoms with Gasteiger partial charge in [0.05, 0.1) is 18.3 Å². The molecule has 1 aromatic carbocycles. The van der Waals surface area contributed by atoms with Gasteiger partial charge in [0.2, 0.25) is 5.91 Å². The minimum absolute atomic E-state index is 0.230. The molecule has 1 aliphatic rings. The fourth-order valence-corrected chi connectivity index (χ4v) is 3.20. The molecule has 2 heterocycles. The Balaban J connectivity index is 1.68. The molecule has 0 saturated carbocycles. The molecule has 1 atom stereocenters. The Bertz CT molecular complexity index is 652. The van der Waals surface area contributed by atoms with Crippen LogP contribution < -0.4 is 0 Å². The van der Waals surface area contributed by atoms with Gasteiger partial charge in [-0.25, -0.2) is 0 Å². The van der Waals surface area contributed by atoms with Crippen molar-refractivity contribution < 1.29 is 4.79 Å². The molecule has 5 heteroatoms. The summed E-state index contributed by atoms with van der Waals surface area (Å²) in [5.74, 6) is 0.230. The van der Waals surface area contributed by atoms with E-state index in [2.05, 4.69) is 12.0 Å². The highest BCUT2D eigenvalue weighted by Crippen LogP contribution is 2.20. The molecular formula is C16H20ClN3O. The van der Waals surface area contributed by atoms with E-state index in [1.807, 2.05) is 34.0 Å². The predicted molar refractivity (Wildman–Crippen MR) is 84.4 cm³/mol. The second-order valence-corrected chi connectivity index (χ2v) is 6.19. The monoisotopic (exact) mass is 305 g/mol. The molecule has 1 saturated heterocycles. The first-order chi connectivity index (χ1) is 10.1. The van der Waals surface area contributed by atoms with Crippen molar-refractivity contribution in [3.05, 3.63) is 29.4 Å². The highest BCUT2D eigenvalue weighted by molar-refractivity contribution is 6.31. The molecule has 0 N–H and O–H groups in total. The number of nitrogens with zero attached hydrogens (tertiary/aromatic N) is 3. The average molecular weight is 306 g/mol. The first-order valence-electron chi connectivity index (χ1n) is 7.56. The van der Waals surface area contributed by atoms with E-state index in [0.29, 0.717) is 24.0 Å². The molecular weight excluding hydrogens is 286 g/mol. The van der Waals surface area contributed by atoms with E-state index in [4.69, 9.17) is 11.6 Å². The summed E-state index contributed by atoms with van der Waals surface area (Å²) in [6.45, 7) is 3.64. The summed E-state index contributed by atoms with van der Waals surface area (Å²) in [4.78, 5) is 14.4. The molecule has 0 spiro atoms. The Kier molecular flexibility index (Phi) is 4.15. The third kappa shape index (κ3) is 3.05. The summed E-state index contributed by atoms with van der Waals surface area (Å²) in [7, 11) is 0. The van der Waals surface area contributed by atoms with Crippen LogP contribution in [0.25, 0.3) is 10.9 Å². The SMILES string of the molecule is C[C@H]1CCCCN1C(=O)CCn1ncc2ccc(Cl)cc21. The fraction of sp³-hybridized carbons (Fsp3) is 0.500. The van der Waals surface area contributed by atoms with Gasteiger partial charge in [-0.1, -0.05) is 11.6 Å². The van der Waals surface area contributed by atoms with Crippen LogP contribution in [-0.2, 0) is 11.3 Å². The zero-order valence-corrected chi connectivity index (χ0v) is 13.0. The van der Waals surface area contributed by atoms with Gasteiger partial charge in [-0.05, 0) is 44.4 Å². The quantitative estimate of drug-likeness (QED) is 0.870. The largest absolute Gasteiger partial charge is 0.340 e. The van der Waals surface area contributed by atoms with E-state index in [1.165, 1.54) is 6.42 Å². The van der Waals surface area contributed by atoms with Gasteiger partial charge in [-0.3, -0.25) is 9.48 Å². The maximum absolute atomic E-state index is 12.4. The summed E-state index contributed by atoms with van der Waals surface area (Å²) >= 11 is 6.03. The molecule has 3 rings (SSSR count). The van der Waals surface area contributed by atoms with Crippen LogP contribution in [0.5, 0.6) is 0 Å². The fourth-order valence-electron chi connectivity index (χ4n) is 3.04. The number of likely N-dealkylation sites (tertiary alicyclic amines) is 1. The molecule has 2 aromatic rings. The molecule has 0 aliphatic carbocycles. The third-order valence-corrected chi connectivity index (χ3v) is 4.50. The van der Waals surface area contributed by atoms with Crippen molar-refractivity contribution in [2.24, 2.45) is 0 Å². The number of rotatable bonds is 3. The van der Waals surface area contributed by atoms with Gasteiger partial charge in [0.25, 0.3) is 0 Å². The zero-order chi connectivity index (χ0) is 14.8. The van der Waals surface area contributed by atoms with Crippen LogP contribution in [0.1, 0.15) is 32.6 Å². The first-order valence-corrected chi connectivity index (χ1v) is 7.93. The van der Waals surface area contributed by atoms with E-state index >= 15 is 0 Å². The van der Waals surface area contributed by atoms with E-state index < -0.39 is 0 Å². The number of benzene rings is 1. The molecule has 1 fully saturated rings. The average Bonchev–Trinajstić information content (AvgIpc) is 2.87. The standard InChI is InChI=1S/C16H20ClN3O/c1-12-4-2-3-8-19(12)16(21)7-9-20-15-10-14(17)6-5-13(15)11-18-20/h5-6,10-12H,2-4,7-9H2,1H3/t12-/m0/s1. The number of aromatic nitrogens is 2. The van der Waals surface area contributed by atoms with Crippen LogP contribution in [0, 0.1) is 0 Å². The Hall–Kier alpha value is -1.55. The van der Waals surface area contributed by atoms with Gasteiger partial charge in [-0.2, -0.15) is 5.10 Å². The molecule has 0 radical (unpaired) electrons. The molecule has 4 nitrogen and oxygen atoms in total. The van der Waals surface area contributed by atoms with Crippen LogP contribution in [0.3, 0.4) is 0 Å². The molecule has 1 amide bonds. The highest BCUT2D eigenvalue weighted by Gasteiger charge is 2.22. The number of hydrogen-bond donors (Lipinski definition) is 0. The number of hydrogen-bond acceptors (Lipinski definition) is 2. The van der Waals surface area contributed by atoms with Crippen LogP contribution in [0.2, 0.25) is 5.02 Å².